The van der Waals surface area contributed by atoms with Crippen LogP contribution in [0.5, 0.6) is 0 Å². The van der Waals surface area contributed by atoms with Gasteiger partial charge in [0.2, 0.25) is 0 Å². The quantitative estimate of drug-likeness (QED) is 0.362. The first-order chi connectivity index (χ1) is 9.83. The standard InChI is InChI=1S/C14H34O5Si2.2CH4/c1-20(2,13-5-9-17-11-7-15)19-21(3,4)14-6-10-18-12-8-16;;/h15-16H,5-14H2,1-4H3;2*1H4. The third-order valence-electron chi connectivity index (χ3n) is 3.16. The van der Waals surface area contributed by atoms with E-state index in [1.807, 2.05) is 0 Å². The van der Waals surface area contributed by atoms with Crippen molar-refractivity contribution in [2.24, 2.45) is 0 Å². The molecule has 0 spiro atoms. The van der Waals surface area contributed by atoms with Gasteiger partial charge in [-0.1, -0.05) is 14.9 Å². The molecule has 0 aromatic carbocycles. The van der Waals surface area contributed by atoms with Crippen molar-refractivity contribution >= 4 is 16.6 Å². The predicted molar refractivity (Wildman–Crippen MR) is 104 cm³/mol. The molecule has 2 N–H and O–H groups in total. The lowest BCUT2D eigenvalue weighted by Crippen LogP contribution is -2.44. The Balaban J connectivity index is -0.00000200. The van der Waals surface area contributed by atoms with Crippen LogP contribution < -0.4 is 0 Å². The summed E-state index contributed by atoms with van der Waals surface area (Å²) in [5, 5.41) is 17.3. The average Bonchev–Trinajstić information content (AvgIpc) is 2.36. The molecule has 0 aromatic rings. The van der Waals surface area contributed by atoms with Crippen LogP contribution in [0, 0.1) is 0 Å². The molecule has 0 aliphatic heterocycles. The Morgan fingerprint density at radius 3 is 1.30 bits per heavy atom. The highest BCUT2D eigenvalue weighted by Crippen LogP contribution is 2.23. The van der Waals surface area contributed by atoms with Gasteiger partial charge in [-0.3, -0.25) is 0 Å². The molecule has 144 valence electrons. The van der Waals surface area contributed by atoms with Crippen molar-refractivity contribution in [3.8, 4) is 0 Å². The zero-order chi connectivity index (χ0) is 16.2. The highest BCUT2D eigenvalue weighted by molar-refractivity contribution is 6.84. The highest BCUT2D eigenvalue weighted by Gasteiger charge is 2.32. The van der Waals surface area contributed by atoms with Crippen LogP contribution in [-0.2, 0) is 13.6 Å². The van der Waals surface area contributed by atoms with Crippen molar-refractivity contribution in [1.29, 1.82) is 0 Å². The van der Waals surface area contributed by atoms with E-state index in [1.54, 1.807) is 0 Å². The Bertz CT molecular complexity index is 227. The molecular weight excluding hydrogens is 328 g/mol. The van der Waals surface area contributed by atoms with Crippen LogP contribution in [0.25, 0.3) is 0 Å². The zero-order valence-corrected chi connectivity index (χ0v) is 16.2. The fourth-order valence-electron chi connectivity index (χ4n) is 2.38. The molecule has 0 unspecified atom stereocenters. The first-order valence-electron chi connectivity index (χ1n) is 7.90. The maximum atomic E-state index is 8.66. The lowest BCUT2D eigenvalue weighted by atomic mass is 10.5. The summed E-state index contributed by atoms with van der Waals surface area (Å²) in [6.45, 7) is 11.5. The van der Waals surface area contributed by atoms with E-state index in [0.29, 0.717) is 26.4 Å². The fourth-order valence-corrected chi connectivity index (χ4v) is 11.2. The summed E-state index contributed by atoms with van der Waals surface area (Å²) in [5.74, 6) is 0. The second kappa shape index (κ2) is 15.7. The summed E-state index contributed by atoms with van der Waals surface area (Å²) in [7, 11) is -3.27. The minimum absolute atomic E-state index is 0. The number of aliphatic hydroxyl groups excluding tert-OH is 2. The number of aliphatic hydroxyl groups is 2. The van der Waals surface area contributed by atoms with Gasteiger partial charge in [-0.25, -0.2) is 0 Å². The minimum atomic E-state index is -1.64. The fraction of sp³-hybridized carbons (Fsp3) is 1.00. The highest BCUT2D eigenvalue weighted by atomic mass is 28.4. The number of hydrogen-bond donors (Lipinski definition) is 2. The SMILES string of the molecule is C.C.C[Si](C)(CCCOCCO)O[Si](C)(C)CCCOCCO. The molecule has 7 heteroatoms. The summed E-state index contributed by atoms with van der Waals surface area (Å²) in [5.41, 5.74) is 0. The van der Waals surface area contributed by atoms with Crippen molar-refractivity contribution in [3.63, 3.8) is 0 Å². The average molecular weight is 371 g/mol. The molecule has 0 radical (unpaired) electrons. The lowest BCUT2D eigenvalue weighted by Gasteiger charge is -2.34. The Labute approximate surface area is 146 Å². The van der Waals surface area contributed by atoms with E-state index in [1.165, 1.54) is 0 Å². The second-order valence-electron chi connectivity index (χ2n) is 6.50. The van der Waals surface area contributed by atoms with Gasteiger partial charge in [0.25, 0.3) is 0 Å². The summed E-state index contributed by atoms with van der Waals surface area (Å²) in [6.07, 6.45) is 2.01. The van der Waals surface area contributed by atoms with E-state index >= 15 is 0 Å². The molecule has 0 rings (SSSR count). The third-order valence-corrected chi connectivity index (χ3v) is 10.7. The van der Waals surface area contributed by atoms with Gasteiger partial charge in [0, 0.05) is 13.2 Å². The molecular formula is C16H42O5Si2. The number of ether oxygens (including phenoxy) is 2. The molecule has 0 aromatic heterocycles. The minimum Gasteiger partial charge on any atom is -0.455 e. The molecule has 0 saturated carbocycles. The van der Waals surface area contributed by atoms with E-state index in [9.17, 15) is 0 Å². The van der Waals surface area contributed by atoms with Crippen LogP contribution in [0.4, 0.5) is 0 Å². The van der Waals surface area contributed by atoms with Crippen LogP contribution >= 0.6 is 0 Å². The molecule has 0 amide bonds. The molecule has 0 fully saturated rings. The molecule has 0 bridgehead atoms. The van der Waals surface area contributed by atoms with Gasteiger partial charge < -0.3 is 23.8 Å². The molecule has 0 heterocycles. The van der Waals surface area contributed by atoms with E-state index in [2.05, 4.69) is 26.2 Å². The first-order valence-corrected chi connectivity index (χ1v) is 14.1. The van der Waals surface area contributed by atoms with Crippen LogP contribution in [0.15, 0.2) is 0 Å². The molecule has 0 aliphatic carbocycles. The maximum Gasteiger partial charge on any atom is 0.173 e. The van der Waals surface area contributed by atoms with Gasteiger partial charge in [-0.05, 0) is 51.1 Å². The van der Waals surface area contributed by atoms with Gasteiger partial charge in [-0.15, -0.1) is 0 Å². The van der Waals surface area contributed by atoms with Crippen LogP contribution in [0.3, 0.4) is 0 Å². The summed E-state index contributed by atoms with van der Waals surface area (Å²) < 4.78 is 17.1. The van der Waals surface area contributed by atoms with Crippen LogP contribution in [0.1, 0.15) is 27.7 Å². The van der Waals surface area contributed by atoms with E-state index in [0.717, 1.165) is 24.9 Å². The number of rotatable bonds is 14. The van der Waals surface area contributed by atoms with Gasteiger partial charge in [0.05, 0.1) is 26.4 Å². The summed E-state index contributed by atoms with van der Waals surface area (Å²) in [4.78, 5) is 0. The van der Waals surface area contributed by atoms with Gasteiger partial charge in [0.15, 0.2) is 16.6 Å². The van der Waals surface area contributed by atoms with Gasteiger partial charge >= 0.3 is 0 Å². The number of hydrogen-bond acceptors (Lipinski definition) is 5. The topological polar surface area (TPSA) is 68.2 Å². The first kappa shape index (κ1) is 28.1. The monoisotopic (exact) mass is 370 g/mol. The van der Waals surface area contributed by atoms with Crippen molar-refractivity contribution in [3.05, 3.63) is 0 Å². The Hall–Kier alpha value is 0.234. The summed E-state index contributed by atoms with van der Waals surface area (Å²) >= 11 is 0. The summed E-state index contributed by atoms with van der Waals surface area (Å²) in [6, 6.07) is 2.19. The van der Waals surface area contributed by atoms with E-state index in [-0.39, 0.29) is 28.1 Å². The second-order valence-corrected chi connectivity index (χ2v) is 15.4. The van der Waals surface area contributed by atoms with Crippen molar-refractivity contribution in [2.45, 2.75) is 66.0 Å². The molecule has 0 atom stereocenters. The van der Waals surface area contributed by atoms with Crippen molar-refractivity contribution in [1.82, 2.24) is 0 Å². The largest absolute Gasteiger partial charge is 0.455 e. The van der Waals surface area contributed by atoms with Gasteiger partial charge in [0.1, 0.15) is 0 Å². The molecule has 5 nitrogen and oxygen atoms in total. The molecule has 23 heavy (non-hydrogen) atoms. The maximum absolute atomic E-state index is 8.66. The van der Waals surface area contributed by atoms with Crippen molar-refractivity contribution in [2.75, 3.05) is 39.6 Å². The van der Waals surface area contributed by atoms with Crippen LogP contribution in [-0.4, -0.2) is 66.5 Å². The normalized spacial score (nSPS) is 11.7. The van der Waals surface area contributed by atoms with Crippen LogP contribution in [0.2, 0.25) is 38.3 Å². The van der Waals surface area contributed by atoms with Crippen molar-refractivity contribution < 1.29 is 23.8 Å². The van der Waals surface area contributed by atoms with Gasteiger partial charge in [-0.2, -0.15) is 0 Å². The van der Waals surface area contributed by atoms with E-state index in [4.69, 9.17) is 23.8 Å². The smallest absolute Gasteiger partial charge is 0.173 e. The zero-order valence-electron chi connectivity index (χ0n) is 14.2. The molecule has 0 aliphatic rings. The molecule has 0 saturated heterocycles. The lowest BCUT2D eigenvalue weighted by molar-refractivity contribution is 0.0920. The predicted octanol–water partition coefficient (Wildman–Crippen LogP) is 3.48. The van der Waals surface area contributed by atoms with E-state index < -0.39 is 16.6 Å². The Morgan fingerprint density at radius 1 is 0.652 bits per heavy atom. The Kier molecular flexibility index (Phi) is 19.2. The Morgan fingerprint density at radius 2 is 1.00 bits per heavy atom. The third kappa shape index (κ3) is 18.4.